The fourth-order valence-corrected chi connectivity index (χ4v) is 1.64. The van der Waals surface area contributed by atoms with Gasteiger partial charge in [-0.05, 0) is 22.0 Å². The van der Waals surface area contributed by atoms with Gasteiger partial charge in [-0.25, -0.2) is 0 Å². The number of benzene rings is 1. The minimum Gasteiger partial charge on any atom is -0.481 e. The van der Waals surface area contributed by atoms with Crippen LogP contribution in [-0.2, 0) is 9.47 Å². The molecule has 1 aromatic carbocycles. The quantitative estimate of drug-likeness (QED) is 0.458. The van der Waals surface area contributed by atoms with Crippen LogP contribution in [0.25, 0.3) is 0 Å². The molecule has 0 aliphatic heterocycles. The molecule has 0 aliphatic rings. The highest BCUT2D eigenvalue weighted by molar-refractivity contribution is 9.10. The van der Waals surface area contributed by atoms with Crippen molar-refractivity contribution in [2.75, 3.05) is 20.8 Å². The Hall–Kier alpha value is -1.18. The Bertz CT molecular complexity index is 394. The maximum Gasteiger partial charge on any atom is 0.312 e. The highest BCUT2D eigenvalue weighted by atomic mass is 79.9. The van der Waals surface area contributed by atoms with Crippen molar-refractivity contribution < 1.29 is 19.1 Å². The summed E-state index contributed by atoms with van der Waals surface area (Å²) in [5.41, 5.74) is -0.106. The van der Waals surface area contributed by atoms with E-state index >= 15 is 0 Å². The maximum atomic E-state index is 10.8. The molecule has 0 radical (unpaired) electrons. The third-order valence-corrected chi connectivity index (χ3v) is 2.66. The first-order chi connectivity index (χ1) is 8.10. The van der Waals surface area contributed by atoms with Gasteiger partial charge < -0.3 is 14.2 Å². The van der Waals surface area contributed by atoms with Crippen LogP contribution in [0.15, 0.2) is 22.7 Å². The molecule has 0 bridgehead atoms. The van der Waals surface area contributed by atoms with Crippen LogP contribution in [0.5, 0.6) is 5.75 Å². The van der Waals surface area contributed by atoms with Gasteiger partial charge in [0, 0.05) is 20.3 Å². The molecule has 1 aromatic rings. The SMILES string of the molecule is COC(COc1c(Br)cccc1[N+](=O)[O-])OC. The van der Waals surface area contributed by atoms with E-state index in [9.17, 15) is 10.1 Å². The Kier molecular flexibility index (Phi) is 5.33. The lowest BCUT2D eigenvalue weighted by molar-refractivity contribution is -0.386. The number of rotatable bonds is 6. The predicted molar refractivity (Wildman–Crippen MR) is 64.1 cm³/mol. The molecule has 94 valence electrons. The second-order valence-corrected chi connectivity index (χ2v) is 3.91. The lowest BCUT2D eigenvalue weighted by atomic mass is 10.3. The van der Waals surface area contributed by atoms with Crippen LogP contribution >= 0.6 is 15.9 Å². The fraction of sp³-hybridized carbons (Fsp3) is 0.400. The lowest BCUT2D eigenvalue weighted by Gasteiger charge is -2.14. The van der Waals surface area contributed by atoms with Crippen molar-refractivity contribution in [1.29, 1.82) is 0 Å². The summed E-state index contributed by atoms with van der Waals surface area (Å²) < 4.78 is 15.7. The molecule has 17 heavy (non-hydrogen) atoms. The van der Waals surface area contributed by atoms with Crippen LogP contribution in [-0.4, -0.2) is 32.0 Å². The molecule has 0 aliphatic carbocycles. The second-order valence-electron chi connectivity index (χ2n) is 3.06. The maximum absolute atomic E-state index is 10.8. The van der Waals surface area contributed by atoms with E-state index in [2.05, 4.69) is 15.9 Å². The van der Waals surface area contributed by atoms with Gasteiger partial charge in [-0.3, -0.25) is 10.1 Å². The van der Waals surface area contributed by atoms with E-state index in [1.807, 2.05) is 0 Å². The topological polar surface area (TPSA) is 70.8 Å². The lowest BCUT2D eigenvalue weighted by Crippen LogP contribution is -2.22. The molecule has 0 amide bonds. The number of nitro groups is 1. The molecule has 0 spiro atoms. The van der Waals surface area contributed by atoms with Crippen LogP contribution in [0.4, 0.5) is 5.69 Å². The molecule has 0 heterocycles. The van der Waals surface area contributed by atoms with Gasteiger partial charge in [0.15, 0.2) is 6.29 Å². The third-order valence-electron chi connectivity index (χ3n) is 2.03. The highest BCUT2D eigenvalue weighted by Crippen LogP contribution is 2.34. The van der Waals surface area contributed by atoms with Crippen molar-refractivity contribution >= 4 is 21.6 Å². The zero-order valence-electron chi connectivity index (χ0n) is 9.38. The van der Waals surface area contributed by atoms with E-state index in [4.69, 9.17) is 14.2 Å². The van der Waals surface area contributed by atoms with E-state index < -0.39 is 11.2 Å². The van der Waals surface area contributed by atoms with Crippen molar-refractivity contribution in [3.63, 3.8) is 0 Å². The van der Waals surface area contributed by atoms with Gasteiger partial charge in [0.05, 0.1) is 9.40 Å². The number of halogens is 1. The smallest absolute Gasteiger partial charge is 0.312 e. The first kappa shape index (κ1) is 13.9. The van der Waals surface area contributed by atoms with Gasteiger partial charge in [0.2, 0.25) is 5.75 Å². The van der Waals surface area contributed by atoms with Crippen molar-refractivity contribution in [2.45, 2.75) is 6.29 Å². The summed E-state index contributed by atoms with van der Waals surface area (Å²) in [6.45, 7) is 0.0659. The van der Waals surface area contributed by atoms with Gasteiger partial charge in [-0.15, -0.1) is 0 Å². The zero-order chi connectivity index (χ0) is 12.8. The normalized spacial score (nSPS) is 10.6. The van der Waals surface area contributed by atoms with Crippen molar-refractivity contribution in [2.24, 2.45) is 0 Å². The van der Waals surface area contributed by atoms with E-state index in [0.717, 1.165) is 0 Å². The number of hydrogen-bond acceptors (Lipinski definition) is 5. The largest absolute Gasteiger partial charge is 0.481 e. The Morgan fingerprint density at radius 1 is 1.41 bits per heavy atom. The molecular weight excluding hydrogens is 294 g/mol. The molecule has 0 atom stereocenters. The van der Waals surface area contributed by atoms with Gasteiger partial charge in [0.25, 0.3) is 0 Å². The van der Waals surface area contributed by atoms with E-state index in [0.29, 0.717) is 4.47 Å². The van der Waals surface area contributed by atoms with Crippen LogP contribution < -0.4 is 4.74 Å². The summed E-state index contributed by atoms with van der Waals surface area (Å²) in [5, 5.41) is 10.8. The van der Waals surface area contributed by atoms with Crippen LogP contribution in [0, 0.1) is 10.1 Å². The molecule has 0 saturated carbocycles. The highest BCUT2D eigenvalue weighted by Gasteiger charge is 2.19. The van der Waals surface area contributed by atoms with Crippen molar-refractivity contribution in [3.05, 3.63) is 32.8 Å². The van der Waals surface area contributed by atoms with E-state index in [1.165, 1.54) is 20.3 Å². The van der Waals surface area contributed by atoms with E-state index in [1.54, 1.807) is 12.1 Å². The number of ether oxygens (including phenoxy) is 3. The molecule has 6 nitrogen and oxygen atoms in total. The van der Waals surface area contributed by atoms with E-state index in [-0.39, 0.29) is 18.0 Å². The van der Waals surface area contributed by atoms with Crippen LogP contribution in [0.1, 0.15) is 0 Å². The van der Waals surface area contributed by atoms with Crippen molar-refractivity contribution in [3.8, 4) is 5.75 Å². The van der Waals surface area contributed by atoms with Gasteiger partial charge >= 0.3 is 5.69 Å². The fourth-order valence-electron chi connectivity index (χ4n) is 1.17. The summed E-state index contributed by atoms with van der Waals surface area (Å²) in [6.07, 6.45) is -0.568. The Morgan fingerprint density at radius 2 is 2.06 bits per heavy atom. The molecule has 7 heteroatoms. The molecule has 0 N–H and O–H groups in total. The average molecular weight is 306 g/mol. The third kappa shape index (κ3) is 3.65. The number of nitro benzene ring substituents is 1. The Balaban J connectivity index is 2.85. The first-order valence-electron chi connectivity index (χ1n) is 4.71. The monoisotopic (exact) mass is 305 g/mol. The van der Waals surface area contributed by atoms with Gasteiger partial charge in [-0.1, -0.05) is 6.07 Å². The van der Waals surface area contributed by atoms with Crippen LogP contribution in [0.2, 0.25) is 0 Å². The minimum absolute atomic E-state index is 0.0659. The van der Waals surface area contributed by atoms with Gasteiger partial charge in [-0.2, -0.15) is 0 Å². The number of hydrogen-bond donors (Lipinski definition) is 0. The van der Waals surface area contributed by atoms with Crippen LogP contribution in [0.3, 0.4) is 0 Å². The zero-order valence-corrected chi connectivity index (χ0v) is 11.0. The summed E-state index contributed by atoms with van der Waals surface area (Å²) in [4.78, 5) is 10.3. The molecule has 0 aromatic heterocycles. The molecule has 0 saturated heterocycles. The molecular formula is C10H12BrNO5. The summed E-state index contributed by atoms with van der Waals surface area (Å²) in [7, 11) is 2.93. The number of methoxy groups -OCH3 is 2. The van der Waals surface area contributed by atoms with Gasteiger partial charge in [0.1, 0.15) is 6.61 Å². The summed E-state index contributed by atoms with van der Waals surface area (Å²) >= 11 is 3.20. The standard InChI is InChI=1S/C10H12BrNO5/c1-15-9(16-2)6-17-10-7(11)4-3-5-8(10)12(13)14/h3-5,9H,6H2,1-2H3. The van der Waals surface area contributed by atoms with Crippen molar-refractivity contribution in [1.82, 2.24) is 0 Å². The average Bonchev–Trinajstić information content (AvgIpc) is 2.31. The summed E-state index contributed by atoms with van der Waals surface area (Å²) in [6, 6.07) is 4.60. The number of nitrogens with zero attached hydrogens (tertiary/aromatic N) is 1. The minimum atomic E-state index is -0.568. The molecule has 0 fully saturated rings. The Morgan fingerprint density at radius 3 is 2.59 bits per heavy atom. The predicted octanol–water partition coefficient (Wildman–Crippen LogP) is 2.36. The number of para-hydroxylation sites is 1. The molecule has 1 rings (SSSR count). The molecule has 0 unspecified atom stereocenters. The Labute approximate surface area is 107 Å². The first-order valence-corrected chi connectivity index (χ1v) is 5.50. The summed E-state index contributed by atoms with van der Waals surface area (Å²) in [5.74, 6) is 0.164. The second kappa shape index (κ2) is 6.53.